The van der Waals surface area contributed by atoms with Crippen molar-refractivity contribution in [1.82, 2.24) is 19.8 Å². The maximum absolute atomic E-state index is 11.9. The number of ether oxygens (including phenoxy) is 2. The molecule has 2 amide bonds. The summed E-state index contributed by atoms with van der Waals surface area (Å²) >= 11 is 0. The average molecular weight is 386 g/mol. The monoisotopic (exact) mass is 386 g/mol. The van der Waals surface area contributed by atoms with Crippen molar-refractivity contribution < 1.29 is 19.1 Å². The van der Waals surface area contributed by atoms with E-state index in [0.29, 0.717) is 25.9 Å². The second-order valence-corrected chi connectivity index (χ2v) is 6.21. The molecule has 0 unspecified atom stereocenters. The Kier molecular flexibility index (Phi) is 8.71. The molecule has 8 heteroatoms. The van der Waals surface area contributed by atoms with Gasteiger partial charge < -0.3 is 19.3 Å². The van der Waals surface area contributed by atoms with Crippen LogP contribution in [0.3, 0.4) is 0 Å². The van der Waals surface area contributed by atoms with Crippen LogP contribution in [0.1, 0.15) is 11.4 Å². The van der Waals surface area contributed by atoms with Crippen molar-refractivity contribution in [3.63, 3.8) is 0 Å². The summed E-state index contributed by atoms with van der Waals surface area (Å²) in [6.45, 7) is 0.997. The van der Waals surface area contributed by atoms with Crippen LogP contribution in [-0.2, 0) is 22.3 Å². The Morgan fingerprint density at radius 3 is 1.57 bits per heavy atom. The first-order valence-corrected chi connectivity index (χ1v) is 9.12. The summed E-state index contributed by atoms with van der Waals surface area (Å²) in [4.78, 5) is 35.2. The SMILES string of the molecule is CN(CCc1ccccn1)C(=O)OCCOC(=O)N(C)CCc1ccccn1. The van der Waals surface area contributed by atoms with Gasteiger partial charge >= 0.3 is 12.2 Å². The summed E-state index contributed by atoms with van der Waals surface area (Å²) in [6, 6.07) is 11.3. The molecule has 2 aromatic rings. The molecule has 2 heterocycles. The minimum Gasteiger partial charge on any atom is -0.446 e. The van der Waals surface area contributed by atoms with Crippen LogP contribution in [0.25, 0.3) is 0 Å². The maximum atomic E-state index is 11.9. The Labute approximate surface area is 165 Å². The molecular weight excluding hydrogens is 360 g/mol. The van der Waals surface area contributed by atoms with Gasteiger partial charge in [-0.3, -0.25) is 9.97 Å². The fourth-order valence-corrected chi connectivity index (χ4v) is 2.32. The zero-order valence-corrected chi connectivity index (χ0v) is 16.3. The molecule has 0 aliphatic rings. The van der Waals surface area contributed by atoms with Gasteiger partial charge in [0.1, 0.15) is 13.2 Å². The molecule has 0 N–H and O–H groups in total. The van der Waals surface area contributed by atoms with Gasteiger partial charge in [0.2, 0.25) is 0 Å². The highest BCUT2D eigenvalue weighted by atomic mass is 16.6. The number of likely N-dealkylation sites (N-methyl/N-ethyl adjacent to an activating group) is 2. The molecule has 0 spiro atoms. The number of pyridine rings is 2. The fourth-order valence-electron chi connectivity index (χ4n) is 2.32. The van der Waals surface area contributed by atoms with Crippen molar-refractivity contribution in [3.05, 3.63) is 60.2 Å². The summed E-state index contributed by atoms with van der Waals surface area (Å²) in [7, 11) is 3.31. The van der Waals surface area contributed by atoms with E-state index in [-0.39, 0.29) is 13.2 Å². The highest BCUT2D eigenvalue weighted by molar-refractivity contribution is 5.68. The molecule has 150 valence electrons. The van der Waals surface area contributed by atoms with Crippen molar-refractivity contribution in [1.29, 1.82) is 0 Å². The van der Waals surface area contributed by atoms with Gasteiger partial charge in [-0.1, -0.05) is 12.1 Å². The van der Waals surface area contributed by atoms with Gasteiger partial charge in [0.15, 0.2) is 0 Å². The minimum atomic E-state index is -0.463. The zero-order chi connectivity index (χ0) is 20.2. The third-order valence-electron chi connectivity index (χ3n) is 4.02. The van der Waals surface area contributed by atoms with E-state index >= 15 is 0 Å². The van der Waals surface area contributed by atoms with E-state index in [1.807, 2.05) is 36.4 Å². The molecule has 0 aliphatic heterocycles. The van der Waals surface area contributed by atoms with E-state index in [1.54, 1.807) is 26.5 Å². The summed E-state index contributed by atoms with van der Waals surface area (Å²) in [5, 5.41) is 0. The summed E-state index contributed by atoms with van der Waals surface area (Å²) in [5.74, 6) is 0. The Morgan fingerprint density at radius 2 is 1.21 bits per heavy atom. The molecule has 0 radical (unpaired) electrons. The second kappa shape index (κ2) is 11.5. The third kappa shape index (κ3) is 7.61. The molecule has 0 aromatic carbocycles. The Hall–Kier alpha value is -3.16. The Bertz CT molecular complexity index is 664. The highest BCUT2D eigenvalue weighted by Gasteiger charge is 2.13. The zero-order valence-electron chi connectivity index (χ0n) is 16.3. The molecule has 0 bridgehead atoms. The molecular formula is C20H26N4O4. The van der Waals surface area contributed by atoms with E-state index in [0.717, 1.165) is 11.4 Å². The number of hydrogen-bond donors (Lipinski definition) is 0. The normalized spacial score (nSPS) is 10.2. The van der Waals surface area contributed by atoms with Gasteiger partial charge in [-0.05, 0) is 24.3 Å². The van der Waals surface area contributed by atoms with Crippen LogP contribution >= 0.6 is 0 Å². The van der Waals surface area contributed by atoms with Gasteiger partial charge in [0, 0.05) is 63.8 Å². The average Bonchev–Trinajstić information content (AvgIpc) is 2.74. The van der Waals surface area contributed by atoms with Gasteiger partial charge in [0.05, 0.1) is 0 Å². The number of nitrogens with zero attached hydrogens (tertiary/aromatic N) is 4. The van der Waals surface area contributed by atoms with Crippen molar-refractivity contribution in [3.8, 4) is 0 Å². The Morgan fingerprint density at radius 1 is 0.786 bits per heavy atom. The first kappa shape index (κ1) is 21.1. The number of rotatable bonds is 9. The fraction of sp³-hybridized carbons (Fsp3) is 0.400. The van der Waals surface area contributed by atoms with E-state index < -0.39 is 12.2 Å². The van der Waals surface area contributed by atoms with Crippen molar-refractivity contribution >= 4 is 12.2 Å². The number of amides is 2. The van der Waals surface area contributed by atoms with Gasteiger partial charge in [-0.2, -0.15) is 0 Å². The maximum Gasteiger partial charge on any atom is 0.409 e. The van der Waals surface area contributed by atoms with E-state index in [2.05, 4.69) is 9.97 Å². The third-order valence-corrected chi connectivity index (χ3v) is 4.02. The standard InChI is InChI=1S/C20H26N4O4/c1-23(13-9-17-7-3-5-11-21-17)19(25)27-15-16-28-20(26)24(2)14-10-18-8-4-6-12-22-18/h3-8,11-12H,9-10,13-16H2,1-2H3. The molecule has 28 heavy (non-hydrogen) atoms. The van der Waals surface area contributed by atoms with Crippen molar-refractivity contribution in [2.45, 2.75) is 12.8 Å². The van der Waals surface area contributed by atoms with E-state index in [9.17, 15) is 9.59 Å². The molecule has 2 aromatic heterocycles. The van der Waals surface area contributed by atoms with Crippen LogP contribution in [0.2, 0.25) is 0 Å². The lowest BCUT2D eigenvalue weighted by molar-refractivity contribution is 0.0659. The first-order valence-electron chi connectivity index (χ1n) is 9.12. The van der Waals surface area contributed by atoms with E-state index in [4.69, 9.17) is 9.47 Å². The number of carbonyl (C=O) groups excluding carboxylic acids is 2. The van der Waals surface area contributed by atoms with Gasteiger partial charge in [0.25, 0.3) is 0 Å². The summed E-state index contributed by atoms with van der Waals surface area (Å²) in [5.41, 5.74) is 1.81. The van der Waals surface area contributed by atoms with Crippen LogP contribution in [0.4, 0.5) is 9.59 Å². The van der Waals surface area contributed by atoms with E-state index in [1.165, 1.54) is 9.80 Å². The molecule has 0 fully saturated rings. The van der Waals surface area contributed by atoms with Crippen molar-refractivity contribution in [2.75, 3.05) is 40.4 Å². The largest absolute Gasteiger partial charge is 0.446 e. The molecule has 8 nitrogen and oxygen atoms in total. The topological polar surface area (TPSA) is 84.9 Å². The number of carbonyl (C=O) groups is 2. The number of hydrogen-bond acceptors (Lipinski definition) is 6. The lowest BCUT2D eigenvalue weighted by atomic mass is 10.2. The van der Waals surface area contributed by atoms with Gasteiger partial charge in [-0.15, -0.1) is 0 Å². The molecule has 0 saturated carbocycles. The second-order valence-electron chi connectivity index (χ2n) is 6.21. The highest BCUT2D eigenvalue weighted by Crippen LogP contribution is 2.00. The predicted molar refractivity (Wildman–Crippen MR) is 104 cm³/mol. The number of aromatic nitrogens is 2. The quantitative estimate of drug-likeness (QED) is 0.615. The smallest absolute Gasteiger partial charge is 0.409 e. The molecule has 2 rings (SSSR count). The molecule has 0 saturated heterocycles. The van der Waals surface area contributed by atoms with Crippen LogP contribution in [0.15, 0.2) is 48.8 Å². The molecule has 0 aliphatic carbocycles. The van der Waals surface area contributed by atoms with Gasteiger partial charge in [-0.25, -0.2) is 9.59 Å². The minimum absolute atomic E-state index is 0.00653. The summed E-state index contributed by atoms with van der Waals surface area (Å²) in [6.07, 6.45) is 3.79. The van der Waals surface area contributed by atoms with Crippen LogP contribution in [-0.4, -0.2) is 72.4 Å². The van der Waals surface area contributed by atoms with Crippen LogP contribution in [0.5, 0.6) is 0 Å². The Balaban J connectivity index is 1.57. The lowest BCUT2D eigenvalue weighted by Gasteiger charge is -2.18. The van der Waals surface area contributed by atoms with Crippen LogP contribution in [0, 0.1) is 0 Å². The summed E-state index contributed by atoms with van der Waals surface area (Å²) < 4.78 is 10.2. The first-order chi connectivity index (χ1) is 13.6. The predicted octanol–water partition coefficient (Wildman–Crippen LogP) is 2.40. The van der Waals surface area contributed by atoms with Crippen molar-refractivity contribution in [2.24, 2.45) is 0 Å². The molecule has 0 atom stereocenters. The lowest BCUT2D eigenvalue weighted by Crippen LogP contribution is -2.32. The van der Waals surface area contributed by atoms with Crippen LogP contribution < -0.4 is 0 Å².